The summed E-state index contributed by atoms with van der Waals surface area (Å²) in [5.74, 6) is 0.604. The van der Waals surface area contributed by atoms with Crippen LogP contribution in [0, 0.1) is 12.8 Å². The monoisotopic (exact) mass is 221 g/mol. The van der Waals surface area contributed by atoms with Gasteiger partial charge in [0.1, 0.15) is 0 Å². The molecule has 0 aliphatic rings. The van der Waals surface area contributed by atoms with E-state index < -0.39 is 6.10 Å². The summed E-state index contributed by atoms with van der Waals surface area (Å²) in [6.07, 6.45) is -0.431. The molecule has 0 saturated heterocycles. The molecular formula is C14H23NO. The highest BCUT2D eigenvalue weighted by Gasteiger charge is 2.15. The molecule has 2 unspecified atom stereocenters. The van der Waals surface area contributed by atoms with Crippen molar-refractivity contribution in [3.63, 3.8) is 0 Å². The fourth-order valence-electron chi connectivity index (χ4n) is 1.59. The van der Waals surface area contributed by atoms with Crippen molar-refractivity contribution in [1.29, 1.82) is 0 Å². The Morgan fingerprint density at radius 3 is 2.19 bits per heavy atom. The highest BCUT2D eigenvalue weighted by atomic mass is 16.3. The minimum Gasteiger partial charge on any atom is -0.387 e. The van der Waals surface area contributed by atoms with E-state index in [1.807, 2.05) is 31.2 Å². The van der Waals surface area contributed by atoms with Gasteiger partial charge in [-0.25, -0.2) is 0 Å². The smallest absolute Gasteiger partial charge is 0.0940 e. The van der Waals surface area contributed by atoms with Gasteiger partial charge >= 0.3 is 0 Å². The Balaban J connectivity index is 2.56. The van der Waals surface area contributed by atoms with Gasteiger partial charge in [0.05, 0.1) is 6.10 Å². The van der Waals surface area contributed by atoms with Crippen LogP contribution in [0.2, 0.25) is 0 Å². The van der Waals surface area contributed by atoms with Crippen molar-refractivity contribution in [2.45, 2.75) is 39.8 Å². The Bertz CT molecular complexity index is 305. The van der Waals surface area contributed by atoms with Gasteiger partial charge in [-0.05, 0) is 31.9 Å². The van der Waals surface area contributed by atoms with Gasteiger partial charge in [0.2, 0.25) is 0 Å². The van der Waals surface area contributed by atoms with Crippen LogP contribution < -0.4 is 5.32 Å². The molecule has 0 radical (unpaired) electrons. The van der Waals surface area contributed by atoms with Crippen LogP contribution in [0.3, 0.4) is 0 Å². The number of nitrogens with one attached hydrogen (secondary N) is 1. The molecular weight excluding hydrogens is 198 g/mol. The summed E-state index contributed by atoms with van der Waals surface area (Å²) in [6, 6.07) is 8.15. The van der Waals surface area contributed by atoms with Gasteiger partial charge in [-0.15, -0.1) is 0 Å². The van der Waals surface area contributed by atoms with Crippen LogP contribution in [0.1, 0.15) is 38.0 Å². The highest BCUT2D eigenvalue weighted by Crippen LogP contribution is 2.17. The van der Waals surface area contributed by atoms with E-state index in [0.717, 1.165) is 12.1 Å². The number of benzene rings is 1. The van der Waals surface area contributed by atoms with E-state index in [1.54, 1.807) is 0 Å². The average Bonchev–Trinajstić information content (AvgIpc) is 2.26. The number of hydrogen-bond donors (Lipinski definition) is 2. The molecule has 0 spiro atoms. The molecule has 0 saturated carbocycles. The van der Waals surface area contributed by atoms with Crippen molar-refractivity contribution in [1.82, 2.24) is 5.32 Å². The summed E-state index contributed by atoms with van der Waals surface area (Å²) < 4.78 is 0. The molecule has 0 fully saturated rings. The zero-order valence-electron chi connectivity index (χ0n) is 10.7. The van der Waals surface area contributed by atoms with Crippen LogP contribution in [0.15, 0.2) is 24.3 Å². The molecule has 2 atom stereocenters. The Morgan fingerprint density at radius 2 is 1.69 bits per heavy atom. The predicted molar refractivity (Wildman–Crippen MR) is 68.4 cm³/mol. The Kier molecular flexibility index (Phi) is 4.97. The van der Waals surface area contributed by atoms with Gasteiger partial charge in [0.15, 0.2) is 0 Å². The molecule has 0 heterocycles. The summed E-state index contributed by atoms with van der Waals surface area (Å²) in [7, 11) is 0. The minimum absolute atomic E-state index is 0.0881. The molecule has 0 bridgehead atoms. The number of aliphatic hydroxyl groups excluding tert-OH is 1. The second kappa shape index (κ2) is 6.02. The van der Waals surface area contributed by atoms with Gasteiger partial charge in [0.25, 0.3) is 0 Å². The van der Waals surface area contributed by atoms with Crippen molar-refractivity contribution < 1.29 is 5.11 Å². The van der Waals surface area contributed by atoms with E-state index in [1.165, 1.54) is 5.56 Å². The summed E-state index contributed by atoms with van der Waals surface area (Å²) in [4.78, 5) is 0. The molecule has 2 N–H and O–H groups in total. The quantitative estimate of drug-likeness (QED) is 0.801. The normalized spacial score (nSPS) is 15.1. The maximum atomic E-state index is 10.1. The van der Waals surface area contributed by atoms with Crippen LogP contribution in [-0.2, 0) is 0 Å². The number of rotatable bonds is 5. The zero-order valence-corrected chi connectivity index (χ0v) is 10.7. The molecule has 2 nitrogen and oxygen atoms in total. The van der Waals surface area contributed by atoms with Crippen LogP contribution >= 0.6 is 0 Å². The third-order valence-corrected chi connectivity index (χ3v) is 2.74. The van der Waals surface area contributed by atoms with Crippen molar-refractivity contribution in [2.75, 3.05) is 6.54 Å². The lowest BCUT2D eigenvalue weighted by atomic mass is 10.0. The minimum atomic E-state index is -0.431. The van der Waals surface area contributed by atoms with Gasteiger partial charge in [-0.3, -0.25) is 0 Å². The second-order valence-corrected chi connectivity index (χ2v) is 4.95. The van der Waals surface area contributed by atoms with Crippen molar-refractivity contribution in [2.24, 2.45) is 5.92 Å². The SMILES string of the molecule is Cc1ccc(C(O)C(C)NCC(C)C)cc1. The Morgan fingerprint density at radius 1 is 1.12 bits per heavy atom. The van der Waals surface area contributed by atoms with Gasteiger partial charge in [-0.1, -0.05) is 43.7 Å². The summed E-state index contributed by atoms with van der Waals surface area (Å²) in [5.41, 5.74) is 2.20. The molecule has 1 aromatic rings. The van der Waals surface area contributed by atoms with Crippen molar-refractivity contribution >= 4 is 0 Å². The van der Waals surface area contributed by atoms with E-state index >= 15 is 0 Å². The summed E-state index contributed by atoms with van der Waals surface area (Å²) >= 11 is 0. The van der Waals surface area contributed by atoms with Crippen molar-refractivity contribution in [3.8, 4) is 0 Å². The van der Waals surface area contributed by atoms with Crippen molar-refractivity contribution in [3.05, 3.63) is 35.4 Å². The third kappa shape index (κ3) is 3.95. The molecule has 0 aliphatic carbocycles. The van der Waals surface area contributed by atoms with E-state index in [0.29, 0.717) is 5.92 Å². The Labute approximate surface area is 98.7 Å². The standard InChI is InChI=1S/C14H23NO/c1-10(2)9-15-12(4)14(16)13-7-5-11(3)6-8-13/h5-8,10,12,14-16H,9H2,1-4H3. The maximum absolute atomic E-state index is 10.1. The van der Waals surface area contributed by atoms with Crippen LogP contribution in [-0.4, -0.2) is 17.7 Å². The maximum Gasteiger partial charge on any atom is 0.0940 e. The molecule has 90 valence electrons. The molecule has 1 rings (SSSR count). The molecule has 1 aromatic carbocycles. The largest absolute Gasteiger partial charge is 0.387 e. The third-order valence-electron chi connectivity index (χ3n) is 2.74. The van der Waals surface area contributed by atoms with E-state index in [-0.39, 0.29) is 6.04 Å². The van der Waals surface area contributed by atoms with Crippen LogP contribution in [0.4, 0.5) is 0 Å². The predicted octanol–water partition coefficient (Wildman–Crippen LogP) is 2.66. The first kappa shape index (κ1) is 13.2. The lowest BCUT2D eigenvalue weighted by Crippen LogP contribution is -2.34. The molecule has 16 heavy (non-hydrogen) atoms. The number of aliphatic hydroxyl groups is 1. The molecule has 2 heteroatoms. The average molecular weight is 221 g/mol. The molecule has 0 amide bonds. The van der Waals surface area contributed by atoms with Gasteiger partial charge in [-0.2, -0.15) is 0 Å². The first-order valence-electron chi connectivity index (χ1n) is 5.98. The topological polar surface area (TPSA) is 32.3 Å². The fourth-order valence-corrected chi connectivity index (χ4v) is 1.59. The van der Waals surface area contributed by atoms with Gasteiger partial charge < -0.3 is 10.4 Å². The van der Waals surface area contributed by atoms with E-state index in [2.05, 4.69) is 26.1 Å². The molecule has 0 aliphatic heterocycles. The number of aryl methyl sites for hydroxylation is 1. The van der Waals surface area contributed by atoms with Gasteiger partial charge in [0, 0.05) is 6.04 Å². The van der Waals surface area contributed by atoms with E-state index in [4.69, 9.17) is 0 Å². The zero-order chi connectivity index (χ0) is 12.1. The van der Waals surface area contributed by atoms with E-state index in [9.17, 15) is 5.11 Å². The lowest BCUT2D eigenvalue weighted by molar-refractivity contribution is 0.134. The lowest BCUT2D eigenvalue weighted by Gasteiger charge is -2.21. The van der Waals surface area contributed by atoms with Crippen LogP contribution in [0.5, 0.6) is 0 Å². The van der Waals surface area contributed by atoms with Crippen LogP contribution in [0.25, 0.3) is 0 Å². The first-order valence-corrected chi connectivity index (χ1v) is 5.98. The molecule has 0 aromatic heterocycles. The summed E-state index contributed by atoms with van der Waals surface area (Å²) in [6.45, 7) is 9.34. The fraction of sp³-hybridized carbons (Fsp3) is 0.571. The highest BCUT2D eigenvalue weighted by molar-refractivity contribution is 5.23. The second-order valence-electron chi connectivity index (χ2n) is 4.95. The first-order chi connectivity index (χ1) is 7.50. The summed E-state index contributed by atoms with van der Waals surface area (Å²) in [5, 5.41) is 13.5. The Hall–Kier alpha value is -0.860. The number of hydrogen-bond acceptors (Lipinski definition) is 2.